The largest absolute Gasteiger partial charge is 0.384 e. The molecular weight excluding hydrogens is 773 g/mol. The van der Waals surface area contributed by atoms with E-state index in [4.69, 9.17) is 0 Å². The Kier molecular flexibility index (Phi) is 11.7. The number of carbonyl (C=O) groups excluding carboxylic acids is 1. The summed E-state index contributed by atoms with van der Waals surface area (Å²) in [5, 5.41) is 43.3. The first-order valence-corrected chi connectivity index (χ1v) is 18.5. The van der Waals surface area contributed by atoms with Crippen LogP contribution in [0.2, 0.25) is 0 Å². The molecule has 2 aromatic heterocycles. The van der Waals surface area contributed by atoms with E-state index in [0.717, 1.165) is 38.8 Å². The Morgan fingerprint density at radius 2 is 1.05 bits per heavy atom. The van der Waals surface area contributed by atoms with Gasteiger partial charge in [-0.1, -0.05) is 115 Å². The van der Waals surface area contributed by atoms with E-state index >= 15 is 0 Å². The minimum absolute atomic E-state index is 0.0600. The van der Waals surface area contributed by atoms with E-state index in [1.165, 1.54) is 38.5 Å². The Bertz CT molecular complexity index is 2870. The van der Waals surface area contributed by atoms with Crippen LogP contribution >= 0.6 is 25.6 Å². The van der Waals surface area contributed by atoms with Gasteiger partial charge in [-0.3, -0.25) is 25.0 Å². The molecule has 1 N–H and O–H groups in total. The number of hydrogen-bond acceptors (Lipinski definition) is 10. The number of carbonyl (C=O) groups is 1. The van der Waals surface area contributed by atoms with Crippen molar-refractivity contribution in [3.63, 3.8) is 0 Å². The molecule has 14 heteroatoms. The van der Waals surface area contributed by atoms with Crippen LogP contribution in [0, 0.1) is 20.2 Å². The van der Waals surface area contributed by atoms with E-state index in [1.807, 2.05) is 97.1 Å². The number of benzene rings is 6. The van der Waals surface area contributed by atoms with Crippen molar-refractivity contribution < 1.29 is 19.7 Å². The number of aliphatic hydroxyl groups is 1. The van der Waals surface area contributed by atoms with Crippen molar-refractivity contribution >= 4 is 88.9 Å². The lowest BCUT2D eigenvalue weighted by atomic mass is 9.99. The Balaban J connectivity index is 0.000000177. The van der Waals surface area contributed by atoms with Gasteiger partial charge in [0.05, 0.1) is 32.3 Å². The topological polar surface area (TPSA) is 159 Å². The van der Waals surface area contributed by atoms with Gasteiger partial charge in [-0.2, -0.15) is 10.2 Å². The van der Waals surface area contributed by atoms with Crippen molar-refractivity contribution in [2.75, 3.05) is 0 Å². The highest BCUT2D eigenvalue weighted by Gasteiger charge is 2.18. The second-order valence-electron chi connectivity index (χ2n) is 12.9. The number of nitro groups is 2. The Hall–Kier alpha value is -7.13. The van der Waals surface area contributed by atoms with Gasteiger partial charge in [-0.15, -0.1) is 0 Å². The highest BCUT2D eigenvalue weighted by molar-refractivity contribution is 7.78. The predicted molar refractivity (Wildman–Crippen MR) is 233 cm³/mol. The molecule has 8 aromatic rings. The molecule has 0 amide bonds. The van der Waals surface area contributed by atoms with Crippen molar-refractivity contribution in [2.45, 2.75) is 6.10 Å². The molecule has 58 heavy (non-hydrogen) atoms. The van der Waals surface area contributed by atoms with Crippen LogP contribution in [0.1, 0.15) is 55.7 Å². The van der Waals surface area contributed by atoms with Crippen LogP contribution in [0.3, 0.4) is 0 Å². The number of hydrogen-bond donors (Lipinski definition) is 3. The average Bonchev–Trinajstić information content (AvgIpc) is 3.76. The van der Waals surface area contributed by atoms with Gasteiger partial charge in [-0.05, 0) is 78.2 Å². The highest BCUT2D eigenvalue weighted by Crippen LogP contribution is 2.30. The number of aliphatic hydroxyl groups excluding tert-OH is 1. The lowest BCUT2D eigenvalue weighted by Gasteiger charge is -2.11. The summed E-state index contributed by atoms with van der Waals surface area (Å²) in [6, 6.07) is 42.1. The molecule has 0 fully saturated rings. The minimum atomic E-state index is -0.995. The number of thiol groups is 2. The van der Waals surface area contributed by atoms with E-state index in [0.29, 0.717) is 22.2 Å². The van der Waals surface area contributed by atoms with E-state index in [-0.39, 0.29) is 22.7 Å². The molecule has 2 heterocycles. The first-order valence-electron chi connectivity index (χ1n) is 17.7. The van der Waals surface area contributed by atoms with Crippen molar-refractivity contribution in [3.05, 3.63) is 211 Å². The SMILES string of the molecule is O=C(c1cccc([N+](=O)[O-])c1)c1ccc2c(/C=C/c3ccccc3)nn(S)c2c1.O=[N+]([O-])c1cccc(C(O)c2ccc3c(/C=C/c4ccccc4)nn(S)c3c2)c1. The molecule has 0 aliphatic rings. The maximum atomic E-state index is 12.8. The summed E-state index contributed by atoms with van der Waals surface area (Å²) >= 11 is 8.77. The molecule has 6 aromatic carbocycles. The Morgan fingerprint density at radius 3 is 1.62 bits per heavy atom. The zero-order chi connectivity index (χ0) is 40.8. The number of nitrogens with zero attached hydrogens (tertiary/aromatic N) is 6. The van der Waals surface area contributed by atoms with Crippen LogP contribution in [0.5, 0.6) is 0 Å². The van der Waals surface area contributed by atoms with Gasteiger partial charge >= 0.3 is 0 Å². The molecule has 1 atom stereocenters. The van der Waals surface area contributed by atoms with Gasteiger partial charge in [0.25, 0.3) is 11.4 Å². The molecule has 12 nitrogen and oxygen atoms in total. The summed E-state index contributed by atoms with van der Waals surface area (Å²) in [6.45, 7) is 0. The van der Waals surface area contributed by atoms with E-state index in [1.54, 1.807) is 42.5 Å². The second-order valence-corrected chi connectivity index (χ2v) is 13.7. The van der Waals surface area contributed by atoms with Gasteiger partial charge < -0.3 is 5.11 Å². The van der Waals surface area contributed by atoms with Crippen molar-refractivity contribution in [1.82, 2.24) is 18.4 Å². The Labute approximate surface area is 342 Å². The normalized spacial score (nSPS) is 11.8. The van der Waals surface area contributed by atoms with Crippen molar-refractivity contribution in [2.24, 2.45) is 0 Å². The standard InChI is InChI=1S/C22H17N3O3S.C22H15N3O3S/c2*26-22(16-7-4-8-18(13-16)25(27)28)17-10-11-19-20(23-24(29)21(19)14-17)12-9-15-5-2-1-3-6-15/h1-14,22,26,29H;1-14,29H/b2*12-9+. The zero-order valence-electron chi connectivity index (χ0n) is 30.3. The summed E-state index contributed by atoms with van der Waals surface area (Å²) in [5.74, 6) is -0.300. The maximum Gasteiger partial charge on any atom is 0.270 e. The summed E-state index contributed by atoms with van der Waals surface area (Å²) in [7, 11) is 0. The molecule has 286 valence electrons. The van der Waals surface area contributed by atoms with Crippen LogP contribution in [0.15, 0.2) is 146 Å². The second kappa shape index (κ2) is 17.3. The molecule has 0 saturated heterocycles. The molecular formula is C44H32N6O6S2. The van der Waals surface area contributed by atoms with Crippen molar-refractivity contribution in [1.29, 1.82) is 0 Å². The van der Waals surface area contributed by atoms with Crippen LogP contribution in [0.25, 0.3) is 46.1 Å². The molecule has 0 bridgehead atoms. The number of aromatic nitrogens is 4. The summed E-state index contributed by atoms with van der Waals surface area (Å²) < 4.78 is 2.88. The number of ketones is 1. The fourth-order valence-electron chi connectivity index (χ4n) is 6.23. The van der Waals surface area contributed by atoms with Gasteiger partial charge in [0, 0.05) is 46.2 Å². The van der Waals surface area contributed by atoms with Crippen LogP contribution in [-0.2, 0) is 0 Å². The summed E-state index contributed by atoms with van der Waals surface area (Å²) in [5.41, 5.74) is 6.56. The lowest BCUT2D eigenvalue weighted by molar-refractivity contribution is -0.385. The number of rotatable bonds is 10. The maximum absolute atomic E-state index is 12.8. The number of fused-ring (bicyclic) bond motifs is 2. The monoisotopic (exact) mass is 804 g/mol. The molecule has 0 radical (unpaired) electrons. The van der Waals surface area contributed by atoms with Crippen LogP contribution < -0.4 is 0 Å². The molecule has 8 rings (SSSR count). The minimum Gasteiger partial charge on any atom is -0.384 e. The van der Waals surface area contributed by atoms with Crippen LogP contribution in [-0.4, -0.2) is 39.1 Å². The lowest BCUT2D eigenvalue weighted by Crippen LogP contribution is -2.02. The third-order valence-electron chi connectivity index (χ3n) is 9.17. The summed E-state index contributed by atoms with van der Waals surface area (Å²) in [4.78, 5) is 33.8. The van der Waals surface area contributed by atoms with Crippen LogP contribution in [0.4, 0.5) is 11.4 Å². The smallest absolute Gasteiger partial charge is 0.270 e. The third-order valence-corrected chi connectivity index (χ3v) is 9.78. The number of nitro benzene ring substituents is 2. The first kappa shape index (κ1) is 39.1. The molecule has 0 spiro atoms. The fraction of sp³-hybridized carbons (Fsp3) is 0.0227. The average molecular weight is 805 g/mol. The summed E-state index contributed by atoms with van der Waals surface area (Å²) in [6.07, 6.45) is 6.75. The highest BCUT2D eigenvalue weighted by atomic mass is 32.1. The van der Waals surface area contributed by atoms with Crippen molar-refractivity contribution in [3.8, 4) is 0 Å². The first-order chi connectivity index (χ1) is 28.0. The molecule has 0 aliphatic carbocycles. The van der Waals surface area contributed by atoms with Gasteiger partial charge in [0.1, 0.15) is 6.10 Å². The molecule has 0 saturated carbocycles. The van der Waals surface area contributed by atoms with E-state index in [2.05, 4.69) is 35.8 Å². The Morgan fingerprint density at radius 1 is 0.569 bits per heavy atom. The molecule has 0 aliphatic heterocycles. The van der Waals surface area contributed by atoms with Gasteiger partial charge in [0.2, 0.25) is 0 Å². The third kappa shape index (κ3) is 8.79. The van der Waals surface area contributed by atoms with Gasteiger partial charge in [0.15, 0.2) is 5.78 Å². The quantitative estimate of drug-likeness (QED) is 0.0533. The fourth-order valence-corrected chi connectivity index (χ4v) is 6.75. The zero-order valence-corrected chi connectivity index (χ0v) is 32.1. The van der Waals surface area contributed by atoms with E-state index in [9.17, 15) is 30.1 Å². The van der Waals surface area contributed by atoms with Gasteiger partial charge in [-0.25, -0.2) is 8.17 Å². The molecule has 1 unspecified atom stereocenters. The number of non-ortho nitro benzene ring substituents is 2. The van der Waals surface area contributed by atoms with E-state index < -0.39 is 16.0 Å². The predicted octanol–water partition coefficient (Wildman–Crippen LogP) is 9.93.